The van der Waals surface area contributed by atoms with Gasteiger partial charge in [0, 0.05) is 18.7 Å². The Kier molecular flexibility index (Phi) is 7.12. The number of aliphatic hydroxyl groups is 2. The molecule has 0 spiro atoms. The summed E-state index contributed by atoms with van der Waals surface area (Å²) >= 11 is 0. The van der Waals surface area contributed by atoms with E-state index < -0.39 is 29.3 Å². The lowest BCUT2D eigenvalue weighted by Gasteiger charge is -2.28. The van der Waals surface area contributed by atoms with E-state index in [1.807, 2.05) is 0 Å². The predicted octanol–water partition coefficient (Wildman–Crippen LogP) is 1.73. The zero-order valence-electron chi connectivity index (χ0n) is 14.1. The average Bonchev–Trinajstić information content (AvgIpc) is 2.49. The predicted molar refractivity (Wildman–Crippen MR) is 87.7 cm³/mol. The highest BCUT2D eigenvalue weighted by atomic mass is 16.6. The molecule has 1 amide bonds. The van der Waals surface area contributed by atoms with Crippen LogP contribution in [-0.2, 0) is 11.2 Å². The van der Waals surface area contributed by atoms with Gasteiger partial charge in [-0.15, -0.1) is 0 Å². The van der Waals surface area contributed by atoms with Crippen LogP contribution in [0.4, 0.5) is 10.5 Å². The summed E-state index contributed by atoms with van der Waals surface area (Å²) in [6.07, 6.45) is -1.21. The molecule has 0 aromatic heterocycles. The molecule has 0 saturated heterocycles. The third-order valence-electron chi connectivity index (χ3n) is 3.11. The minimum Gasteiger partial charge on any atom is -0.444 e. The summed E-state index contributed by atoms with van der Waals surface area (Å²) in [6.45, 7) is 4.95. The van der Waals surface area contributed by atoms with Crippen molar-refractivity contribution in [2.45, 2.75) is 38.9 Å². The molecule has 0 unspecified atom stereocenters. The summed E-state index contributed by atoms with van der Waals surface area (Å²) in [5.74, 6) is 0. The van der Waals surface area contributed by atoms with E-state index in [0.29, 0.717) is 6.42 Å². The molecule has 8 nitrogen and oxygen atoms in total. The third-order valence-corrected chi connectivity index (χ3v) is 3.11. The largest absolute Gasteiger partial charge is 0.444 e. The number of benzene rings is 1. The number of hydrogen-bond donors (Lipinski definition) is 2. The number of nitro benzene ring substituents is 1. The number of carbonyl (C=O) groups is 1. The Bertz CT molecular complexity index is 553. The van der Waals surface area contributed by atoms with E-state index in [1.54, 1.807) is 32.9 Å². The second-order valence-corrected chi connectivity index (χ2v) is 6.44. The fourth-order valence-corrected chi connectivity index (χ4v) is 1.94. The van der Waals surface area contributed by atoms with Crippen LogP contribution in [0, 0.1) is 10.1 Å². The summed E-state index contributed by atoms with van der Waals surface area (Å²) in [4.78, 5) is 23.7. The summed E-state index contributed by atoms with van der Waals surface area (Å²) in [7, 11) is 0. The van der Waals surface area contributed by atoms with Crippen LogP contribution in [0.15, 0.2) is 24.3 Å². The summed E-state index contributed by atoms with van der Waals surface area (Å²) in [5.41, 5.74) is 0.137. The Morgan fingerprint density at radius 1 is 1.33 bits per heavy atom. The van der Waals surface area contributed by atoms with E-state index in [0.717, 1.165) is 5.56 Å². The topological polar surface area (TPSA) is 113 Å². The van der Waals surface area contributed by atoms with Gasteiger partial charge in [0.25, 0.3) is 5.69 Å². The van der Waals surface area contributed by atoms with Crippen molar-refractivity contribution in [3.8, 4) is 0 Å². The lowest BCUT2D eigenvalue weighted by Crippen LogP contribution is -2.43. The minimum absolute atomic E-state index is 0.00143. The highest BCUT2D eigenvalue weighted by Crippen LogP contribution is 2.14. The van der Waals surface area contributed by atoms with Crippen molar-refractivity contribution >= 4 is 11.8 Å². The van der Waals surface area contributed by atoms with Crippen LogP contribution in [-0.4, -0.2) is 57.5 Å². The zero-order chi connectivity index (χ0) is 18.3. The molecular weight excluding hydrogens is 316 g/mol. The smallest absolute Gasteiger partial charge is 0.410 e. The van der Waals surface area contributed by atoms with Crippen LogP contribution in [0.3, 0.4) is 0 Å². The second kappa shape index (κ2) is 8.60. The van der Waals surface area contributed by atoms with Crippen molar-refractivity contribution < 1.29 is 24.7 Å². The standard InChI is InChI=1S/C16H24N2O6/c1-16(2,3)24-15(21)17(10-14(20)11-19)9-8-12-4-6-13(7-5-12)18(22)23/h4-7,14,19-20H,8-11H2,1-3H3/t14-/m0/s1. The first-order valence-electron chi connectivity index (χ1n) is 7.62. The highest BCUT2D eigenvalue weighted by molar-refractivity contribution is 5.68. The zero-order valence-corrected chi connectivity index (χ0v) is 14.1. The van der Waals surface area contributed by atoms with Gasteiger partial charge in [-0.1, -0.05) is 12.1 Å². The van der Waals surface area contributed by atoms with Crippen LogP contribution in [0.25, 0.3) is 0 Å². The molecule has 0 aliphatic rings. The molecular formula is C16H24N2O6. The minimum atomic E-state index is -1.06. The summed E-state index contributed by atoms with van der Waals surface area (Å²) in [6, 6.07) is 6.03. The van der Waals surface area contributed by atoms with Crippen LogP contribution >= 0.6 is 0 Å². The average molecular weight is 340 g/mol. The van der Waals surface area contributed by atoms with Gasteiger partial charge in [-0.3, -0.25) is 10.1 Å². The molecule has 0 heterocycles. The van der Waals surface area contributed by atoms with Crippen molar-refractivity contribution in [3.05, 3.63) is 39.9 Å². The molecule has 24 heavy (non-hydrogen) atoms. The number of nitro groups is 1. The summed E-state index contributed by atoms with van der Waals surface area (Å²) in [5, 5.41) is 29.2. The summed E-state index contributed by atoms with van der Waals surface area (Å²) < 4.78 is 5.29. The van der Waals surface area contributed by atoms with Gasteiger partial charge in [-0.25, -0.2) is 4.79 Å². The molecule has 1 rings (SSSR count). The van der Waals surface area contributed by atoms with E-state index in [9.17, 15) is 20.0 Å². The van der Waals surface area contributed by atoms with Gasteiger partial charge in [-0.05, 0) is 32.8 Å². The first kappa shape index (κ1) is 19.9. The number of hydrogen-bond acceptors (Lipinski definition) is 6. The number of nitrogens with zero attached hydrogens (tertiary/aromatic N) is 2. The molecule has 1 aromatic rings. The Morgan fingerprint density at radius 2 is 1.92 bits per heavy atom. The van der Waals surface area contributed by atoms with Crippen LogP contribution in [0.5, 0.6) is 0 Å². The van der Waals surface area contributed by atoms with E-state index >= 15 is 0 Å². The van der Waals surface area contributed by atoms with Gasteiger partial charge in [0.2, 0.25) is 0 Å². The van der Waals surface area contributed by atoms with E-state index in [1.165, 1.54) is 17.0 Å². The van der Waals surface area contributed by atoms with Crippen molar-refractivity contribution in [2.75, 3.05) is 19.7 Å². The third kappa shape index (κ3) is 6.93. The Labute approximate surface area is 140 Å². The number of non-ortho nitro benzene ring substituents is 1. The normalized spacial score (nSPS) is 12.5. The molecule has 2 N–H and O–H groups in total. The van der Waals surface area contributed by atoms with Gasteiger partial charge >= 0.3 is 6.09 Å². The van der Waals surface area contributed by atoms with Gasteiger partial charge < -0.3 is 19.8 Å². The molecule has 8 heteroatoms. The fraction of sp³-hybridized carbons (Fsp3) is 0.562. The fourth-order valence-electron chi connectivity index (χ4n) is 1.94. The second-order valence-electron chi connectivity index (χ2n) is 6.44. The molecule has 1 aromatic carbocycles. The first-order valence-corrected chi connectivity index (χ1v) is 7.62. The highest BCUT2D eigenvalue weighted by Gasteiger charge is 2.23. The van der Waals surface area contributed by atoms with Crippen molar-refractivity contribution in [1.29, 1.82) is 0 Å². The maximum Gasteiger partial charge on any atom is 0.410 e. The first-order chi connectivity index (χ1) is 11.1. The van der Waals surface area contributed by atoms with Crippen molar-refractivity contribution in [2.24, 2.45) is 0 Å². The van der Waals surface area contributed by atoms with Crippen molar-refractivity contribution in [3.63, 3.8) is 0 Å². The van der Waals surface area contributed by atoms with E-state index in [-0.39, 0.29) is 18.8 Å². The molecule has 1 atom stereocenters. The van der Waals surface area contributed by atoms with Gasteiger partial charge in [-0.2, -0.15) is 0 Å². The van der Waals surface area contributed by atoms with Gasteiger partial charge in [0.05, 0.1) is 24.2 Å². The lowest BCUT2D eigenvalue weighted by molar-refractivity contribution is -0.384. The van der Waals surface area contributed by atoms with Crippen LogP contribution in [0.2, 0.25) is 0 Å². The number of rotatable bonds is 7. The molecule has 0 saturated carbocycles. The molecule has 0 aliphatic carbocycles. The Morgan fingerprint density at radius 3 is 2.38 bits per heavy atom. The van der Waals surface area contributed by atoms with E-state index in [4.69, 9.17) is 9.84 Å². The number of aliphatic hydroxyl groups excluding tert-OH is 2. The molecule has 0 aliphatic heterocycles. The molecule has 134 valence electrons. The quantitative estimate of drug-likeness (QED) is 0.577. The molecule has 0 radical (unpaired) electrons. The van der Waals surface area contributed by atoms with E-state index in [2.05, 4.69) is 0 Å². The van der Waals surface area contributed by atoms with Crippen LogP contribution < -0.4 is 0 Å². The number of amides is 1. The van der Waals surface area contributed by atoms with Gasteiger partial charge in [0.15, 0.2) is 0 Å². The lowest BCUT2D eigenvalue weighted by atomic mass is 10.1. The Balaban J connectivity index is 2.73. The monoisotopic (exact) mass is 340 g/mol. The number of ether oxygens (including phenoxy) is 1. The number of carbonyl (C=O) groups excluding carboxylic acids is 1. The SMILES string of the molecule is CC(C)(C)OC(=O)N(CCc1ccc([N+](=O)[O-])cc1)C[C@H](O)CO. The molecule has 0 fully saturated rings. The molecule has 0 bridgehead atoms. The van der Waals surface area contributed by atoms with Crippen LogP contribution in [0.1, 0.15) is 26.3 Å². The maximum absolute atomic E-state index is 12.2. The maximum atomic E-state index is 12.2. The Hall–Kier alpha value is -2.19. The van der Waals surface area contributed by atoms with Gasteiger partial charge in [0.1, 0.15) is 5.60 Å². The van der Waals surface area contributed by atoms with Crippen molar-refractivity contribution in [1.82, 2.24) is 4.90 Å².